The predicted octanol–water partition coefficient (Wildman–Crippen LogP) is 6.54. The maximum atomic E-state index is 13.6. The minimum absolute atomic E-state index is 0.123. The topological polar surface area (TPSA) is 86.1 Å². The molecule has 1 heterocycles. The summed E-state index contributed by atoms with van der Waals surface area (Å²) >= 11 is 17.1. The van der Waals surface area contributed by atoms with Gasteiger partial charge >= 0.3 is 3.92 Å². The number of alkyl halides is 3. The van der Waals surface area contributed by atoms with Crippen LogP contribution in [0.5, 0.6) is 23.3 Å². The Bertz CT molecular complexity index is 1240. The number of hydrogen-bond donors (Lipinski definition) is 0. The average Bonchev–Trinajstić information content (AvgIpc) is 2.80. The second-order valence-corrected chi connectivity index (χ2v) is 10.1. The summed E-state index contributed by atoms with van der Waals surface area (Å²) in [5, 5.41) is 4.34. The molecule has 184 valence electrons. The number of carbonyl (C=O) groups is 1. The number of carbonyl (C=O) groups excluding carboxylic acids is 1. The van der Waals surface area contributed by atoms with Gasteiger partial charge < -0.3 is 14.3 Å². The number of oxime groups is 1. The minimum Gasteiger partial charge on any atom is -0.438 e. The number of likely N-dealkylation sites (N-methyl/N-ethyl adjacent to an activating group) is 1. The van der Waals surface area contributed by atoms with Crippen molar-refractivity contribution in [3.05, 3.63) is 71.0 Å². The van der Waals surface area contributed by atoms with E-state index in [0.29, 0.717) is 10.8 Å². The first-order valence-corrected chi connectivity index (χ1v) is 11.7. The molecule has 0 fully saturated rings. The number of aromatic nitrogens is 2. The maximum Gasteiger partial charge on any atom is 0.323 e. The molecule has 0 saturated heterocycles. The van der Waals surface area contributed by atoms with Gasteiger partial charge in [-0.25, -0.2) is 9.97 Å². The Balaban J connectivity index is 1.89. The summed E-state index contributed by atoms with van der Waals surface area (Å²) in [5.74, 6) is 0.324. The lowest BCUT2D eigenvalue weighted by molar-refractivity contribution is -0.118. The smallest absolute Gasteiger partial charge is 0.323 e. The van der Waals surface area contributed by atoms with Crippen molar-refractivity contribution in [3.8, 4) is 23.3 Å². The SMILES string of the molecule is CO/N=C(\C(=O)N(C)SC(F)(Cl)Cl)c1ccccc1Oc1cc(Oc2cccc(Cl)c2C)ncn1. The number of hydrogen-bond acceptors (Lipinski definition) is 8. The molecule has 8 nitrogen and oxygen atoms in total. The van der Waals surface area contributed by atoms with Crippen molar-refractivity contribution in [1.29, 1.82) is 0 Å². The lowest BCUT2D eigenvalue weighted by atomic mass is 10.1. The van der Waals surface area contributed by atoms with Gasteiger partial charge in [-0.1, -0.05) is 58.2 Å². The van der Waals surface area contributed by atoms with Gasteiger partial charge in [-0.2, -0.15) is 4.39 Å². The van der Waals surface area contributed by atoms with Gasteiger partial charge in [0.05, 0.1) is 11.6 Å². The number of rotatable bonds is 9. The third-order valence-corrected chi connectivity index (χ3v) is 5.79. The number of para-hydroxylation sites is 1. The van der Waals surface area contributed by atoms with Gasteiger partial charge in [0.15, 0.2) is 5.71 Å². The van der Waals surface area contributed by atoms with E-state index in [1.54, 1.807) is 42.5 Å². The number of ether oxygens (including phenoxy) is 2. The van der Waals surface area contributed by atoms with Crippen LogP contribution >= 0.6 is 46.8 Å². The Morgan fingerprint density at radius 1 is 1.09 bits per heavy atom. The van der Waals surface area contributed by atoms with Gasteiger partial charge in [0.2, 0.25) is 11.8 Å². The van der Waals surface area contributed by atoms with Crippen molar-refractivity contribution in [1.82, 2.24) is 14.3 Å². The van der Waals surface area contributed by atoms with Crippen molar-refractivity contribution >= 4 is 58.4 Å². The summed E-state index contributed by atoms with van der Waals surface area (Å²) in [6.07, 6.45) is 1.26. The van der Waals surface area contributed by atoms with E-state index >= 15 is 0 Å². The average molecular weight is 560 g/mol. The Kier molecular flexibility index (Phi) is 9.01. The van der Waals surface area contributed by atoms with Gasteiger partial charge in [0.1, 0.15) is 24.9 Å². The number of halogens is 4. The van der Waals surface area contributed by atoms with Crippen molar-refractivity contribution in [2.45, 2.75) is 10.8 Å². The van der Waals surface area contributed by atoms with Gasteiger partial charge in [0.25, 0.3) is 5.91 Å². The number of nitrogens with zero attached hydrogens (tertiary/aromatic N) is 4. The largest absolute Gasteiger partial charge is 0.438 e. The van der Waals surface area contributed by atoms with E-state index in [0.717, 1.165) is 9.87 Å². The second kappa shape index (κ2) is 11.8. The first-order chi connectivity index (χ1) is 16.6. The molecule has 0 radical (unpaired) electrons. The molecule has 0 aliphatic carbocycles. The molecule has 0 unspecified atom stereocenters. The van der Waals surface area contributed by atoms with Crippen LogP contribution in [-0.4, -0.2) is 44.0 Å². The van der Waals surface area contributed by atoms with Crippen molar-refractivity contribution in [2.24, 2.45) is 5.16 Å². The van der Waals surface area contributed by atoms with Crippen molar-refractivity contribution in [2.75, 3.05) is 14.2 Å². The molecule has 0 aliphatic heterocycles. The predicted molar refractivity (Wildman–Crippen MR) is 134 cm³/mol. The fourth-order valence-corrected chi connectivity index (χ4v) is 4.02. The molecule has 3 rings (SSSR count). The van der Waals surface area contributed by atoms with Gasteiger partial charge in [-0.15, -0.1) is 0 Å². The fourth-order valence-electron chi connectivity index (χ4n) is 2.75. The quantitative estimate of drug-likeness (QED) is 0.127. The third-order valence-electron chi connectivity index (χ3n) is 4.32. The van der Waals surface area contributed by atoms with E-state index in [9.17, 15) is 9.18 Å². The fraction of sp³-hybridized carbons (Fsp3) is 0.182. The lowest BCUT2D eigenvalue weighted by Gasteiger charge is -2.20. The van der Waals surface area contributed by atoms with Crippen LogP contribution in [-0.2, 0) is 9.63 Å². The maximum absolute atomic E-state index is 13.6. The third kappa shape index (κ3) is 7.35. The monoisotopic (exact) mass is 558 g/mol. The van der Waals surface area contributed by atoms with Crippen molar-refractivity contribution in [3.63, 3.8) is 0 Å². The summed E-state index contributed by atoms with van der Waals surface area (Å²) < 4.78 is 23.5. The van der Waals surface area contributed by atoms with Gasteiger partial charge in [-0.3, -0.25) is 9.10 Å². The molecular weight excluding hydrogens is 542 g/mol. The molecule has 0 saturated carbocycles. The molecule has 2 aromatic carbocycles. The molecule has 0 bridgehead atoms. The van der Waals surface area contributed by atoms with Gasteiger partial charge in [-0.05, 0) is 31.2 Å². The minimum atomic E-state index is -2.72. The molecule has 1 amide bonds. The van der Waals surface area contributed by atoms with Crippen LogP contribution in [0.1, 0.15) is 11.1 Å². The number of amides is 1. The molecule has 3 aromatic rings. The van der Waals surface area contributed by atoms with E-state index in [1.807, 2.05) is 6.92 Å². The summed E-state index contributed by atoms with van der Waals surface area (Å²) in [6.45, 7) is 1.82. The zero-order chi connectivity index (χ0) is 25.6. The summed E-state index contributed by atoms with van der Waals surface area (Å²) in [5.41, 5.74) is 0.802. The molecule has 0 atom stereocenters. The van der Waals surface area contributed by atoms with E-state index in [1.165, 1.54) is 26.6 Å². The second-order valence-electron chi connectivity index (χ2n) is 6.72. The summed E-state index contributed by atoms with van der Waals surface area (Å²) in [4.78, 5) is 26.0. The molecule has 35 heavy (non-hydrogen) atoms. The molecule has 0 spiro atoms. The summed E-state index contributed by atoms with van der Waals surface area (Å²) in [7, 11) is 2.55. The Hall–Kier alpha value is -2.79. The van der Waals surface area contributed by atoms with E-state index in [-0.39, 0.29) is 40.7 Å². The van der Waals surface area contributed by atoms with Crippen molar-refractivity contribution < 1.29 is 23.5 Å². The van der Waals surface area contributed by atoms with Crippen LogP contribution in [0.2, 0.25) is 5.02 Å². The van der Waals surface area contributed by atoms with Gasteiger partial charge in [0, 0.05) is 29.6 Å². The highest BCUT2D eigenvalue weighted by atomic mass is 35.5. The van der Waals surface area contributed by atoms with Crippen LogP contribution in [0.3, 0.4) is 0 Å². The molecule has 13 heteroatoms. The number of benzene rings is 2. The van der Waals surface area contributed by atoms with E-state index < -0.39 is 9.83 Å². The highest BCUT2D eigenvalue weighted by Gasteiger charge is 2.32. The molecule has 0 N–H and O–H groups in total. The summed E-state index contributed by atoms with van der Waals surface area (Å²) in [6, 6.07) is 13.2. The van der Waals surface area contributed by atoms with E-state index in [2.05, 4.69) is 15.1 Å². The van der Waals surface area contributed by atoms with Crippen LogP contribution in [0.25, 0.3) is 0 Å². The van der Waals surface area contributed by atoms with Crippen LogP contribution in [0, 0.1) is 6.92 Å². The van der Waals surface area contributed by atoms with E-state index in [4.69, 9.17) is 49.1 Å². The Labute approximate surface area is 220 Å². The highest BCUT2D eigenvalue weighted by molar-refractivity contribution is 8.01. The highest BCUT2D eigenvalue weighted by Crippen LogP contribution is 2.38. The van der Waals surface area contributed by atoms with Crippen LogP contribution in [0.4, 0.5) is 4.39 Å². The Morgan fingerprint density at radius 2 is 1.71 bits per heavy atom. The zero-order valence-electron chi connectivity index (χ0n) is 18.5. The molecule has 0 aliphatic rings. The van der Waals surface area contributed by atoms with Crippen LogP contribution in [0.15, 0.2) is 60.0 Å². The molecule has 1 aromatic heterocycles. The zero-order valence-corrected chi connectivity index (χ0v) is 21.6. The van der Waals surface area contributed by atoms with Crippen LogP contribution < -0.4 is 9.47 Å². The first-order valence-electron chi connectivity index (χ1n) is 9.76. The lowest BCUT2D eigenvalue weighted by Crippen LogP contribution is -2.31. The normalized spacial score (nSPS) is 11.7. The first kappa shape index (κ1) is 26.8. The standard InChI is InChI=1S/C22H18Cl3FN4O4S/c1-13-15(23)8-6-10-16(13)33-18-11-19(28-12-27-18)34-17-9-5-4-7-14(17)20(29-32-3)21(31)30(2)35-22(24,25)26/h4-12H,1-3H3/b29-20-. The Morgan fingerprint density at radius 3 is 2.37 bits per heavy atom. The molecular formula is C22H18Cl3FN4O4S.